The van der Waals surface area contributed by atoms with Crippen LogP contribution in [0.15, 0.2) is 29.6 Å². The van der Waals surface area contributed by atoms with Gasteiger partial charge in [0.25, 0.3) is 0 Å². The van der Waals surface area contributed by atoms with Crippen molar-refractivity contribution in [3.63, 3.8) is 0 Å². The topological polar surface area (TPSA) is 52.7 Å². The van der Waals surface area contributed by atoms with Gasteiger partial charge in [-0.3, -0.25) is 4.57 Å². The standard InChI is InChI=1S/C12H16N4O/c1-9(2)16-8-13-6-11(16)7-15-5-4-10(3)14-12(15)17/h4-6,8-9H,7H2,1-3H3. The molecule has 90 valence electrons. The lowest BCUT2D eigenvalue weighted by Crippen LogP contribution is -2.24. The van der Waals surface area contributed by atoms with Gasteiger partial charge in [0.1, 0.15) is 0 Å². The summed E-state index contributed by atoms with van der Waals surface area (Å²) >= 11 is 0. The highest BCUT2D eigenvalue weighted by Gasteiger charge is 2.07. The van der Waals surface area contributed by atoms with E-state index >= 15 is 0 Å². The van der Waals surface area contributed by atoms with Crippen molar-refractivity contribution in [1.29, 1.82) is 0 Å². The van der Waals surface area contributed by atoms with Crippen molar-refractivity contribution >= 4 is 0 Å². The fourth-order valence-corrected chi connectivity index (χ4v) is 1.73. The Morgan fingerprint density at radius 1 is 1.41 bits per heavy atom. The molecular formula is C12H16N4O. The average Bonchev–Trinajstić information content (AvgIpc) is 2.70. The van der Waals surface area contributed by atoms with Gasteiger partial charge in [0, 0.05) is 24.1 Å². The minimum atomic E-state index is -0.221. The summed E-state index contributed by atoms with van der Waals surface area (Å²) in [5.41, 5.74) is 1.53. The maximum absolute atomic E-state index is 11.7. The Kier molecular flexibility index (Phi) is 3.08. The van der Waals surface area contributed by atoms with Crippen LogP contribution in [0, 0.1) is 6.92 Å². The van der Waals surface area contributed by atoms with Gasteiger partial charge in [-0.05, 0) is 26.8 Å². The van der Waals surface area contributed by atoms with E-state index < -0.39 is 0 Å². The predicted octanol–water partition coefficient (Wildman–Crippen LogP) is 1.38. The summed E-state index contributed by atoms with van der Waals surface area (Å²) in [5, 5.41) is 0. The second kappa shape index (κ2) is 4.53. The summed E-state index contributed by atoms with van der Waals surface area (Å²) in [6, 6.07) is 2.17. The Bertz CT molecular complexity index is 568. The first kappa shape index (κ1) is 11.6. The first-order chi connectivity index (χ1) is 8.08. The van der Waals surface area contributed by atoms with Crippen LogP contribution in [-0.4, -0.2) is 19.1 Å². The van der Waals surface area contributed by atoms with E-state index in [1.807, 2.05) is 17.6 Å². The monoisotopic (exact) mass is 232 g/mol. The minimum Gasteiger partial charge on any atom is -0.330 e. The van der Waals surface area contributed by atoms with E-state index in [1.54, 1.807) is 23.3 Å². The number of nitrogens with zero attached hydrogens (tertiary/aromatic N) is 4. The van der Waals surface area contributed by atoms with E-state index in [4.69, 9.17) is 0 Å². The van der Waals surface area contributed by atoms with E-state index in [2.05, 4.69) is 23.8 Å². The maximum atomic E-state index is 11.7. The SMILES string of the molecule is Cc1ccn(Cc2cncn2C(C)C)c(=O)n1. The molecule has 0 saturated heterocycles. The van der Waals surface area contributed by atoms with Crippen molar-refractivity contribution in [2.24, 2.45) is 0 Å². The molecule has 0 fully saturated rings. The zero-order valence-electron chi connectivity index (χ0n) is 10.3. The molecule has 5 heteroatoms. The molecule has 0 aliphatic carbocycles. The first-order valence-electron chi connectivity index (χ1n) is 5.62. The molecule has 17 heavy (non-hydrogen) atoms. The third kappa shape index (κ3) is 2.43. The predicted molar refractivity (Wildman–Crippen MR) is 64.9 cm³/mol. The summed E-state index contributed by atoms with van der Waals surface area (Å²) in [6.45, 7) is 6.48. The highest BCUT2D eigenvalue weighted by molar-refractivity contribution is 5.03. The molecule has 0 aliphatic heterocycles. The molecule has 0 bridgehead atoms. The van der Waals surface area contributed by atoms with Gasteiger partial charge in [0.2, 0.25) is 0 Å². The Morgan fingerprint density at radius 3 is 2.82 bits per heavy atom. The van der Waals surface area contributed by atoms with Gasteiger partial charge >= 0.3 is 5.69 Å². The van der Waals surface area contributed by atoms with Crippen LogP contribution in [0.25, 0.3) is 0 Å². The van der Waals surface area contributed by atoms with Crippen molar-refractivity contribution in [3.05, 3.63) is 46.7 Å². The van der Waals surface area contributed by atoms with Crippen molar-refractivity contribution < 1.29 is 0 Å². The van der Waals surface area contributed by atoms with Crippen LogP contribution in [0.3, 0.4) is 0 Å². The summed E-state index contributed by atoms with van der Waals surface area (Å²) in [7, 11) is 0. The largest absolute Gasteiger partial charge is 0.348 e. The molecule has 0 aliphatic rings. The highest BCUT2D eigenvalue weighted by atomic mass is 16.1. The molecule has 0 atom stereocenters. The van der Waals surface area contributed by atoms with Crippen LogP contribution in [0.4, 0.5) is 0 Å². The number of imidazole rings is 1. The Hall–Kier alpha value is -1.91. The third-order valence-electron chi connectivity index (χ3n) is 2.65. The molecule has 2 heterocycles. The van der Waals surface area contributed by atoms with E-state index in [9.17, 15) is 4.79 Å². The van der Waals surface area contributed by atoms with Gasteiger partial charge in [-0.15, -0.1) is 0 Å². The lowest BCUT2D eigenvalue weighted by Gasteiger charge is -2.12. The first-order valence-corrected chi connectivity index (χ1v) is 5.62. The minimum absolute atomic E-state index is 0.221. The van der Waals surface area contributed by atoms with Gasteiger partial charge < -0.3 is 4.57 Å². The smallest absolute Gasteiger partial charge is 0.330 e. The zero-order valence-corrected chi connectivity index (χ0v) is 10.3. The van der Waals surface area contributed by atoms with Gasteiger partial charge in [-0.1, -0.05) is 0 Å². The molecule has 0 saturated carbocycles. The Balaban J connectivity index is 2.32. The van der Waals surface area contributed by atoms with Gasteiger partial charge in [0.05, 0.1) is 18.6 Å². The van der Waals surface area contributed by atoms with Crippen LogP contribution in [0.2, 0.25) is 0 Å². The molecule has 5 nitrogen and oxygen atoms in total. The Labute approximate surface area is 99.8 Å². The molecule has 0 amide bonds. The van der Waals surface area contributed by atoms with Crippen molar-refractivity contribution in [2.75, 3.05) is 0 Å². The van der Waals surface area contributed by atoms with E-state index in [0.29, 0.717) is 12.6 Å². The lowest BCUT2D eigenvalue weighted by atomic mass is 10.3. The van der Waals surface area contributed by atoms with Crippen molar-refractivity contribution in [3.8, 4) is 0 Å². The van der Waals surface area contributed by atoms with Gasteiger partial charge in [-0.2, -0.15) is 4.98 Å². The zero-order chi connectivity index (χ0) is 12.4. The second-order valence-corrected chi connectivity index (χ2v) is 4.37. The fourth-order valence-electron chi connectivity index (χ4n) is 1.73. The lowest BCUT2D eigenvalue weighted by molar-refractivity contribution is 0.555. The fraction of sp³-hybridized carbons (Fsp3) is 0.417. The molecule has 0 spiro atoms. The number of aromatic nitrogens is 4. The maximum Gasteiger partial charge on any atom is 0.348 e. The quantitative estimate of drug-likeness (QED) is 0.803. The number of aryl methyl sites for hydroxylation is 1. The molecule has 0 N–H and O–H groups in total. The van der Waals surface area contributed by atoms with E-state index in [-0.39, 0.29) is 5.69 Å². The van der Waals surface area contributed by atoms with Crippen molar-refractivity contribution in [2.45, 2.75) is 33.4 Å². The number of rotatable bonds is 3. The molecule has 2 aromatic heterocycles. The van der Waals surface area contributed by atoms with Crippen LogP contribution in [0.5, 0.6) is 0 Å². The summed E-state index contributed by atoms with van der Waals surface area (Å²) in [5.74, 6) is 0. The van der Waals surface area contributed by atoms with Crippen LogP contribution in [0.1, 0.15) is 31.3 Å². The van der Waals surface area contributed by atoms with Gasteiger partial charge in [-0.25, -0.2) is 9.78 Å². The molecule has 2 aromatic rings. The van der Waals surface area contributed by atoms with Crippen molar-refractivity contribution in [1.82, 2.24) is 19.1 Å². The second-order valence-electron chi connectivity index (χ2n) is 4.37. The number of hydrogen-bond donors (Lipinski definition) is 0. The van der Waals surface area contributed by atoms with Crippen LogP contribution < -0.4 is 5.69 Å². The third-order valence-corrected chi connectivity index (χ3v) is 2.65. The van der Waals surface area contributed by atoms with Gasteiger partial charge in [0.15, 0.2) is 0 Å². The molecular weight excluding hydrogens is 216 g/mol. The van der Waals surface area contributed by atoms with E-state index in [0.717, 1.165) is 11.4 Å². The molecule has 2 rings (SSSR count). The molecule has 0 radical (unpaired) electrons. The highest BCUT2D eigenvalue weighted by Crippen LogP contribution is 2.09. The summed E-state index contributed by atoms with van der Waals surface area (Å²) in [6.07, 6.45) is 5.33. The Morgan fingerprint density at radius 2 is 2.18 bits per heavy atom. The summed E-state index contributed by atoms with van der Waals surface area (Å²) in [4.78, 5) is 19.7. The molecule has 0 unspecified atom stereocenters. The van der Waals surface area contributed by atoms with E-state index in [1.165, 1.54) is 0 Å². The molecule has 0 aromatic carbocycles. The van der Waals surface area contributed by atoms with Crippen LogP contribution in [-0.2, 0) is 6.54 Å². The number of hydrogen-bond acceptors (Lipinski definition) is 3. The summed E-state index contributed by atoms with van der Waals surface area (Å²) < 4.78 is 3.63. The average molecular weight is 232 g/mol. The van der Waals surface area contributed by atoms with Crippen LogP contribution >= 0.6 is 0 Å². The normalized spacial score (nSPS) is 11.1.